The first kappa shape index (κ1) is 16.2. The van der Waals surface area contributed by atoms with Crippen molar-refractivity contribution in [2.75, 3.05) is 13.2 Å². The van der Waals surface area contributed by atoms with Gasteiger partial charge < -0.3 is 19.7 Å². The second-order valence-corrected chi connectivity index (χ2v) is 5.70. The maximum Gasteiger partial charge on any atom is 0.305 e. The number of carboxylic acids is 1. The molecule has 0 aromatic carbocycles. The molecule has 0 radical (unpaired) electrons. The number of hydrogen-bond acceptors (Lipinski definition) is 4. The Balaban J connectivity index is 2.20. The summed E-state index contributed by atoms with van der Waals surface area (Å²) in [5.41, 5.74) is -0.0182. The molecule has 1 aliphatic rings. The smallest absolute Gasteiger partial charge is 0.305 e. The second kappa shape index (κ2) is 6.31. The van der Waals surface area contributed by atoms with Gasteiger partial charge in [0.2, 0.25) is 0 Å². The van der Waals surface area contributed by atoms with Gasteiger partial charge in [0.15, 0.2) is 5.78 Å². The van der Waals surface area contributed by atoms with E-state index in [0.29, 0.717) is 37.3 Å². The third kappa shape index (κ3) is 3.54. The van der Waals surface area contributed by atoms with E-state index in [0.717, 1.165) is 0 Å². The summed E-state index contributed by atoms with van der Waals surface area (Å²) in [7, 11) is 1.68. The highest BCUT2D eigenvalue weighted by atomic mass is 16.5. The van der Waals surface area contributed by atoms with Gasteiger partial charge in [-0.2, -0.15) is 0 Å². The first-order valence-electron chi connectivity index (χ1n) is 7.12. The molecule has 0 atom stereocenters. The van der Waals surface area contributed by atoms with Gasteiger partial charge in [-0.25, -0.2) is 0 Å². The van der Waals surface area contributed by atoms with Crippen LogP contribution < -0.4 is 5.32 Å². The molecule has 1 aliphatic heterocycles. The van der Waals surface area contributed by atoms with Crippen molar-refractivity contribution >= 4 is 17.7 Å². The van der Waals surface area contributed by atoms with Crippen molar-refractivity contribution in [2.45, 2.75) is 31.7 Å². The molecule has 1 saturated heterocycles. The van der Waals surface area contributed by atoms with E-state index in [9.17, 15) is 14.4 Å². The summed E-state index contributed by atoms with van der Waals surface area (Å²) in [6.45, 7) is 2.26. The Hall–Kier alpha value is -2.15. The van der Waals surface area contributed by atoms with Gasteiger partial charge in [-0.05, 0) is 25.8 Å². The fraction of sp³-hybridized carbons (Fsp3) is 0.533. The van der Waals surface area contributed by atoms with Crippen LogP contribution in [0.15, 0.2) is 12.3 Å². The van der Waals surface area contributed by atoms with Crippen LogP contribution in [0.4, 0.5) is 0 Å². The Bertz CT molecular complexity index is 599. The molecule has 0 unspecified atom stereocenters. The topological polar surface area (TPSA) is 97.6 Å². The second-order valence-electron chi connectivity index (χ2n) is 5.70. The standard InChI is InChI=1S/C15H20N2O5/c1-10(18)11-7-12(17(2)9-11)14(21)16-15(8-13(19)20)3-5-22-6-4-15/h7,9H,3-6,8H2,1-2H3,(H,16,21)(H,19,20). The number of Topliss-reactive ketones (excluding diaryl/α,β-unsaturated/α-hetero) is 1. The maximum absolute atomic E-state index is 12.5. The highest BCUT2D eigenvalue weighted by molar-refractivity contribution is 5.99. The van der Waals surface area contributed by atoms with Crippen molar-refractivity contribution < 1.29 is 24.2 Å². The molecule has 2 rings (SSSR count). The van der Waals surface area contributed by atoms with Gasteiger partial charge in [-0.3, -0.25) is 14.4 Å². The number of carbonyl (C=O) groups is 3. The van der Waals surface area contributed by atoms with Gasteiger partial charge in [-0.15, -0.1) is 0 Å². The van der Waals surface area contributed by atoms with E-state index in [2.05, 4.69) is 5.32 Å². The summed E-state index contributed by atoms with van der Waals surface area (Å²) >= 11 is 0. The summed E-state index contributed by atoms with van der Waals surface area (Å²) in [6, 6.07) is 1.52. The third-order valence-electron chi connectivity index (χ3n) is 3.96. The lowest BCUT2D eigenvalue weighted by atomic mass is 9.86. The lowest BCUT2D eigenvalue weighted by Gasteiger charge is -2.36. The zero-order chi connectivity index (χ0) is 16.3. The number of aliphatic carboxylic acids is 1. The van der Waals surface area contributed by atoms with Crippen LogP contribution in [0.25, 0.3) is 0 Å². The van der Waals surface area contributed by atoms with E-state index in [1.165, 1.54) is 13.0 Å². The summed E-state index contributed by atoms with van der Waals surface area (Å²) in [6.07, 6.45) is 2.35. The first-order valence-corrected chi connectivity index (χ1v) is 7.12. The van der Waals surface area contributed by atoms with Gasteiger partial charge in [0, 0.05) is 32.0 Å². The van der Waals surface area contributed by atoms with E-state index in [1.807, 2.05) is 0 Å². The van der Waals surface area contributed by atoms with Crippen LogP contribution in [0.1, 0.15) is 47.0 Å². The number of ether oxygens (including phenoxy) is 1. The van der Waals surface area contributed by atoms with Crippen molar-refractivity contribution in [3.63, 3.8) is 0 Å². The molecule has 22 heavy (non-hydrogen) atoms. The number of amides is 1. The zero-order valence-corrected chi connectivity index (χ0v) is 12.7. The number of hydrogen-bond donors (Lipinski definition) is 2. The van der Waals surface area contributed by atoms with E-state index in [-0.39, 0.29) is 18.1 Å². The number of ketones is 1. The molecule has 0 bridgehead atoms. The zero-order valence-electron chi connectivity index (χ0n) is 12.7. The molecule has 1 amide bonds. The highest BCUT2D eigenvalue weighted by Crippen LogP contribution is 2.25. The number of aryl methyl sites for hydroxylation is 1. The molecule has 120 valence electrons. The van der Waals surface area contributed by atoms with E-state index in [1.54, 1.807) is 17.8 Å². The monoisotopic (exact) mass is 308 g/mol. The average Bonchev–Trinajstić information content (AvgIpc) is 2.81. The van der Waals surface area contributed by atoms with Gasteiger partial charge in [0.25, 0.3) is 5.91 Å². The minimum Gasteiger partial charge on any atom is -0.481 e. The first-order chi connectivity index (χ1) is 10.3. The number of carboxylic acid groups (broad SMARTS) is 1. The quantitative estimate of drug-likeness (QED) is 0.790. The van der Waals surface area contributed by atoms with Crippen molar-refractivity contribution in [1.29, 1.82) is 0 Å². The Morgan fingerprint density at radius 1 is 1.36 bits per heavy atom. The Morgan fingerprint density at radius 2 is 2.00 bits per heavy atom. The maximum atomic E-state index is 12.5. The fourth-order valence-electron chi connectivity index (χ4n) is 2.69. The Labute approximate surface area is 128 Å². The predicted molar refractivity (Wildman–Crippen MR) is 77.9 cm³/mol. The lowest BCUT2D eigenvalue weighted by molar-refractivity contribution is -0.139. The van der Waals surface area contributed by atoms with Crippen LogP contribution in [-0.2, 0) is 16.6 Å². The van der Waals surface area contributed by atoms with Gasteiger partial charge in [0.05, 0.1) is 12.0 Å². The summed E-state index contributed by atoms with van der Waals surface area (Å²) in [5.74, 6) is -1.46. The molecule has 0 spiro atoms. The summed E-state index contributed by atoms with van der Waals surface area (Å²) in [4.78, 5) is 35.0. The van der Waals surface area contributed by atoms with Crippen LogP contribution >= 0.6 is 0 Å². The van der Waals surface area contributed by atoms with Crippen molar-refractivity contribution in [3.05, 3.63) is 23.5 Å². The third-order valence-corrected chi connectivity index (χ3v) is 3.96. The molecular weight excluding hydrogens is 288 g/mol. The van der Waals surface area contributed by atoms with E-state index in [4.69, 9.17) is 9.84 Å². The van der Waals surface area contributed by atoms with Crippen LogP contribution in [0.3, 0.4) is 0 Å². The van der Waals surface area contributed by atoms with Gasteiger partial charge >= 0.3 is 5.97 Å². The van der Waals surface area contributed by atoms with Crippen LogP contribution in [-0.4, -0.2) is 46.1 Å². The molecule has 0 aliphatic carbocycles. The minimum absolute atomic E-state index is 0.124. The van der Waals surface area contributed by atoms with Gasteiger partial charge in [-0.1, -0.05) is 0 Å². The molecular formula is C15H20N2O5. The number of nitrogens with one attached hydrogen (secondary N) is 1. The molecule has 2 heterocycles. The van der Waals surface area contributed by atoms with Gasteiger partial charge in [0.1, 0.15) is 5.69 Å². The van der Waals surface area contributed by atoms with Crippen molar-refractivity contribution in [1.82, 2.24) is 9.88 Å². The minimum atomic E-state index is -0.960. The van der Waals surface area contributed by atoms with E-state index >= 15 is 0 Å². The molecule has 1 fully saturated rings. The number of aromatic nitrogens is 1. The fourth-order valence-corrected chi connectivity index (χ4v) is 2.69. The van der Waals surface area contributed by atoms with Crippen LogP contribution in [0, 0.1) is 0 Å². The highest BCUT2D eigenvalue weighted by Gasteiger charge is 2.37. The number of carbonyl (C=O) groups excluding carboxylic acids is 2. The number of rotatable bonds is 5. The van der Waals surface area contributed by atoms with Crippen LogP contribution in [0.2, 0.25) is 0 Å². The largest absolute Gasteiger partial charge is 0.481 e. The van der Waals surface area contributed by atoms with Crippen LogP contribution in [0.5, 0.6) is 0 Å². The van der Waals surface area contributed by atoms with Crippen molar-refractivity contribution in [2.24, 2.45) is 7.05 Å². The Morgan fingerprint density at radius 3 is 2.50 bits per heavy atom. The van der Waals surface area contributed by atoms with Crippen molar-refractivity contribution in [3.8, 4) is 0 Å². The summed E-state index contributed by atoms with van der Waals surface area (Å²) in [5, 5.41) is 11.9. The normalized spacial score (nSPS) is 17.0. The number of nitrogens with zero attached hydrogens (tertiary/aromatic N) is 1. The molecule has 1 aromatic heterocycles. The molecule has 1 aromatic rings. The lowest BCUT2D eigenvalue weighted by Crippen LogP contribution is -2.53. The SMILES string of the molecule is CC(=O)c1cc(C(=O)NC2(CC(=O)O)CCOCC2)n(C)c1. The van der Waals surface area contributed by atoms with E-state index < -0.39 is 11.5 Å². The summed E-state index contributed by atoms with van der Waals surface area (Å²) < 4.78 is 6.83. The molecule has 0 saturated carbocycles. The Kier molecular flexibility index (Phi) is 4.65. The predicted octanol–water partition coefficient (Wildman–Crippen LogP) is 0.981. The molecule has 7 heteroatoms. The molecule has 2 N–H and O–H groups in total. The average molecular weight is 308 g/mol. The molecule has 7 nitrogen and oxygen atoms in total.